The molecule has 1 aromatic rings. The lowest BCUT2D eigenvalue weighted by Crippen LogP contribution is -2.39. The predicted octanol–water partition coefficient (Wildman–Crippen LogP) is 2.18. The quantitative estimate of drug-likeness (QED) is 0.909. The molecule has 1 aromatic heterocycles. The van der Waals surface area contributed by atoms with E-state index in [4.69, 9.17) is 5.73 Å². The molecule has 100 valence electrons. The van der Waals surface area contributed by atoms with Crippen molar-refractivity contribution < 1.29 is 4.79 Å². The van der Waals surface area contributed by atoms with Crippen LogP contribution in [0.4, 0.5) is 5.13 Å². The zero-order chi connectivity index (χ0) is 13.1. The minimum absolute atomic E-state index is 0.0964. The number of rotatable bonds is 4. The van der Waals surface area contributed by atoms with E-state index in [9.17, 15) is 4.79 Å². The van der Waals surface area contributed by atoms with E-state index in [1.54, 1.807) is 11.3 Å². The van der Waals surface area contributed by atoms with E-state index >= 15 is 0 Å². The summed E-state index contributed by atoms with van der Waals surface area (Å²) < 4.78 is 0. The molecular formula is C13H21N3OS. The number of nitrogens with two attached hydrogens (primary N) is 1. The fourth-order valence-electron chi connectivity index (χ4n) is 2.70. The Bertz CT molecular complexity index is 418. The lowest BCUT2D eigenvalue weighted by atomic mass is 9.95. The van der Waals surface area contributed by atoms with Gasteiger partial charge >= 0.3 is 0 Å². The van der Waals surface area contributed by atoms with Crippen LogP contribution in [0.2, 0.25) is 0 Å². The molecule has 2 rings (SSSR count). The maximum Gasteiger partial charge on any atom is 0.232 e. The van der Waals surface area contributed by atoms with E-state index in [1.807, 2.05) is 24.1 Å². The maximum atomic E-state index is 12.6. The Balaban J connectivity index is 2.15. The second-order valence-electron chi connectivity index (χ2n) is 4.89. The molecule has 0 bridgehead atoms. The van der Waals surface area contributed by atoms with Crippen LogP contribution < -0.4 is 10.6 Å². The highest BCUT2D eigenvalue weighted by atomic mass is 32.1. The molecule has 1 aliphatic carbocycles. The summed E-state index contributed by atoms with van der Waals surface area (Å²) in [5, 5.41) is 2.81. The second-order valence-corrected chi connectivity index (χ2v) is 5.72. The van der Waals surface area contributed by atoms with Crippen LogP contribution in [0, 0.1) is 18.8 Å². The first-order valence-electron chi connectivity index (χ1n) is 6.61. The molecule has 1 fully saturated rings. The summed E-state index contributed by atoms with van der Waals surface area (Å²) in [7, 11) is 0. The van der Waals surface area contributed by atoms with Crippen LogP contribution in [-0.2, 0) is 4.79 Å². The van der Waals surface area contributed by atoms with Crippen molar-refractivity contribution >= 4 is 22.4 Å². The van der Waals surface area contributed by atoms with Crippen molar-refractivity contribution in [3.05, 3.63) is 11.1 Å². The summed E-state index contributed by atoms with van der Waals surface area (Å²) in [6, 6.07) is 0. The highest BCUT2D eigenvalue weighted by Gasteiger charge is 2.35. The van der Waals surface area contributed by atoms with Crippen molar-refractivity contribution in [3.8, 4) is 0 Å². The summed E-state index contributed by atoms with van der Waals surface area (Å²) in [4.78, 5) is 18.8. The van der Waals surface area contributed by atoms with Crippen molar-refractivity contribution in [1.29, 1.82) is 0 Å². The SMILES string of the molecule is CCN(C(=O)[C@@H]1CCC[C@@H]1CN)c1nc(C)cs1. The first-order valence-corrected chi connectivity index (χ1v) is 7.49. The van der Waals surface area contributed by atoms with Crippen molar-refractivity contribution in [3.63, 3.8) is 0 Å². The molecule has 2 atom stereocenters. The largest absolute Gasteiger partial charge is 0.330 e. The van der Waals surface area contributed by atoms with E-state index in [1.165, 1.54) is 0 Å². The third-order valence-corrected chi connectivity index (χ3v) is 4.68. The number of nitrogens with zero attached hydrogens (tertiary/aromatic N) is 2. The number of carbonyl (C=O) groups excluding carboxylic acids is 1. The second kappa shape index (κ2) is 5.80. The van der Waals surface area contributed by atoms with Crippen LogP contribution in [0.1, 0.15) is 31.9 Å². The summed E-state index contributed by atoms with van der Waals surface area (Å²) in [6.45, 7) is 5.25. The third kappa shape index (κ3) is 2.57. The monoisotopic (exact) mass is 267 g/mol. The van der Waals surface area contributed by atoms with Gasteiger partial charge in [0.25, 0.3) is 0 Å². The molecule has 5 heteroatoms. The fraction of sp³-hybridized carbons (Fsp3) is 0.692. The Kier molecular flexibility index (Phi) is 4.35. The molecule has 18 heavy (non-hydrogen) atoms. The molecule has 0 radical (unpaired) electrons. The smallest absolute Gasteiger partial charge is 0.232 e. The first kappa shape index (κ1) is 13.5. The molecule has 1 saturated carbocycles. The Morgan fingerprint density at radius 1 is 1.61 bits per heavy atom. The van der Waals surface area contributed by atoms with Crippen LogP contribution in [0.15, 0.2) is 5.38 Å². The van der Waals surface area contributed by atoms with Crippen LogP contribution in [0.25, 0.3) is 0 Å². The lowest BCUT2D eigenvalue weighted by Gasteiger charge is -2.24. The molecule has 0 saturated heterocycles. The van der Waals surface area contributed by atoms with Crippen molar-refractivity contribution in [2.75, 3.05) is 18.0 Å². The molecule has 2 N–H and O–H groups in total. The van der Waals surface area contributed by atoms with Crippen LogP contribution in [0.3, 0.4) is 0 Å². The minimum Gasteiger partial charge on any atom is -0.330 e. The number of amides is 1. The molecule has 0 spiro atoms. The Hall–Kier alpha value is -0.940. The minimum atomic E-state index is 0.0964. The number of hydrogen-bond acceptors (Lipinski definition) is 4. The van der Waals surface area contributed by atoms with E-state index in [0.29, 0.717) is 19.0 Å². The number of aromatic nitrogens is 1. The lowest BCUT2D eigenvalue weighted by molar-refractivity contribution is -0.123. The van der Waals surface area contributed by atoms with Gasteiger partial charge in [-0.2, -0.15) is 0 Å². The van der Waals surface area contributed by atoms with Gasteiger partial charge in [-0.25, -0.2) is 4.98 Å². The van der Waals surface area contributed by atoms with Gasteiger partial charge in [-0.15, -0.1) is 11.3 Å². The predicted molar refractivity (Wildman–Crippen MR) is 74.8 cm³/mol. The van der Waals surface area contributed by atoms with Gasteiger partial charge in [-0.05, 0) is 39.2 Å². The normalized spacial score (nSPS) is 23.3. The summed E-state index contributed by atoms with van der Waals surface area (Å²) in [5.41, 5.74) is 6.74. The van der Waals surface area contributed by atoms with Gasteiger partial charge in [0.1, 0.15) is 0 Å². The van der Waals surface area contributed by atoms with Gasteiger partial charge in [0.2, 0.25) is 5.91 Å². The molecule has 1 amide bonds. The number of thiazole rings is 1. The average Bonchev–Trinajstić information content (AvgIpc) is 2.98. The van der Waals surface area contributed by atoms with Crippen LogP contribution >= 0.6 is 11.3 Å². The van der Waals surface area contributed by atoms with Crippen molar-refractivity contribution in [1.82, 2.24) is 4.98 Å². The van der Waals surface area contributed by atoms with Gasteiger partial charge in [-0.1, -0.05) is 6.42 Å². The Morgan fingerprint density at radius 2 is 2.39 bits per heavy atom. The van der Waals surface area contributed by atoms with Gasteiger partial charge < -0.3 is 5.73 Å². The molecule has 0 aliphatic heterocycles. The summed E-state index contributed by atoms with van der Waals surface area (Å²) in [5.74, 6) is 0.659. The van der Waals surface area contributed by atoms with Gasteiger partial charge in [0, 0.05) is 17.8 Å². The molecule has 0 aromatic carbocycles. The standard InChI is InChI=1S/C13H21N3OS/c1-3-16(13-15-9(2)8-18-13)12(17)11-6-4-5-10(11)7-14/h8,10-11H,3-7,14H2,1-2H3/t10-,11-/m1/s1. The number of anilines is 1. The highest BCUT2D eigenvalue weighted by molar-refractivity contribution is 7.14. The maximum absolute atomic E-state index is 12.6. The molecular weight excluding hydrogens is 246 g/mol. The average molecular weight is 267 g/mol. The van der Waals surface area contributed by atoms with Gasteiger partial charge in [0.15, 0.2) is 5.13 Å². The van der Waals surface area contributed by atoms with E-state index in [0.717, 1.165) is 30.1 Å². The summed E-state index contributed by atoms with van der Waals surface area (Å²) in [6.07, 6.45) is 3.18. The fourth-order valence-corrected chi connectivity index (χ4v) is 3.57. The van der Waals surface area contributed by atoms with Crippen LogP contribution in [0.5, 0.6) is 0 Å². The number of aryl methyl sites for hydroxylation is 1. The van der Waals surface area contributed by atoms with E-state index < -0.39 is 0 Å². The summed E-state index contributed by atoms with van der Waals surface area (Å²) >= 11 is 1.54. The number of hydrogen-bond donors (Lipinski definition) is 1. The zero-order valence-electron chi connectivity index (χ0n) is 11.1. The van der Waals surface area contributed by atoms with Crippen LogP contribution in [-0.4, -0.2) is 24.0 Å². The molecule has 0 unspecified atom stereocenters. The topological polar surface area (TPSA) is 59.2 Å². The molecule has 1 aliphatic rings. The van der Waals surface area contributed by atoms with E-state index in [-0.39, 0.29) is 11.8 Å². The van der Waals surface area contributed by atoms with Crippen molar-refractivity contribution in [2.45, 2.75) is 33.1 Å². The Morgan fingerprint density at radius 3 is 2.94 bits per heavy atom. The third-order valence-electron chi connectivity index (χ3n) is 3.70. The molecule has 1 heterocycles. The molecule has 4 nitrogen and oxygen atoms in total. The van der Waals surface area contributed by atoms with E-state index in [2.05, 4.69) is 4.98 Å². The van der Waals surface area contributed by atoms with Gasteiger partial charge in [-0.3, -0.25) is 9.69 Å². The first-order chi connectivity index (χ1) is 8.67. The Labute approximate surface area is 112 Å². The highest BCUT2D eigenvalue weighted by Crippen LogP contribution is 2.34. The van der Waals surface area contributed by atoms with Gasteiger partial charge in [0.05, 0.1) is 5.69 Å². The number of carbonyl (C=O) groups is 1. The van der Waals surface area contributed by atoms with Crippen molar-refractivity contribution in [2.24, 2.45) is 17.6 Å². The zero-order valence-corrected chi connectivity index (χ0v) is 11.9.